The molecule has 5 fully saturated rings. The first-order valence-corrected chi connectivity index (χ1v) is 11.6. The molecule has 170 valence electrons. The molecule has 8 heteroatoms. The van der Waals surface area contributed by atoms with Gasteiger partial charge in [0.2, 0.25) is 5.91 Å². The van der Waals surface area contributed by atoms with Crippen molar-refractivity contribution < 1.29 is 19.2 Å². The molecular formula is C24H30N4O4. The molecule has 6 amide bonds. The molecule has 4 bridgehead atoms. The van der Waals surface area contributed by atoms with Crippen LogP contribution in [-0.2, 0) is 15.1 Å². The zero-order chi connectivity index (χ0) is 22.5. The Morgan fingerprint density at radius 3 is 2.19 bits per heavy atom. The second-order valence-corrected chi connectivity index (χ2v) is 10.1. The van der Waals surface area contributed by atoms with Gasteiger partial charge in [0.25, 0.3) is 5.91 Å². The van der Waals surface area contributed by atoms with Gasteiger partial charge in [0, 0.05) is 5.54 Å². The number of rotatable bonds is 5. The van der Waals surface area contributed by atoms with E-state index in [0.717, 1.165) is 24.2 Å². The molecule has 1 saturated heterocycles. The van der Waals surface area contributed by atoms with Gasteiger partial charge in [0.1, 0.15) is 12.1 Å². The Morgan fingerprint density at radius 1 is 1.03 bits per heavy atom. The van der Waals surface area contributed by atoms with Crippen molar-refractivity contribution >= 4 is 23.9 Å². The Morgan fingerprint density at radius 2 is 1.62 bits per heavy atom. The molecule has 1 atom stereocenters. The van der Waals surface area contributed by atoms with Gasteiger partial charge in [-0.15, -0.1) is 0 Å². The number of amides is 6. The van der Waals surface area contributed by atoms with Crippen LogP contribution in [0.15, 0.2) is 30.3 Å². The minimum Gasteiger partial charge on any atom is -0.332 e. The predicted molar refractivity (Wildman–Crippen MR) is 116 cm³/mol. The van der Waals surface area contributed by atoms with Crippen LogP contribution in [0.25, 0.3) is 0 Å². The third-order valence-electron chi connectivity index (χ3n) is 7.94. The van der Waals surface area contributed by atoms with Gasteiger partial charge in [-0.25, -0.2) is 9.59 Å². The molecule has 6 rings (SSSR count). The lowest BCUT2D eigenvalue weighted by Gasteiger charge is -2.56. The van der Waals surface area contributed by atoms with E-state index < -0.39 is 36.0 Å². The summed E-state index contributed by atoms with van der Waals surface area (Å²) in [6.45, 7) is 1.32. The summed E-state index contributed by atoms with van der Waals surface area (Å²) in [6, 6.07) is 7.84. The maximum absolute atomic E-state index is 13.2. The summed E-state index contributed by atoms with van der Waals surface area (Å²) >= 11 is 0. The number of hydrogen-bond acceptors (Lipinski definition) is 4. The molecule has 3 N–H and O–H groups in total. The van der Waals surface area contributed by atoms with Gasteiger partial charge in [-0.05, 0) is 68.3 Å². The normalized spacial score (nSPS) is 35.0. The first kappa shape index (κ1) is 21.0. The van der Waals surface area contributed by atoms with Gasteiger partial charge in [-0.1, -0.05) is 37.3 Å². The second kappa shape index (κ2) is 7.60. The smallest absolute Gasteiger partial charge is 0.325 e. The predicted octanol–water partition coefficient (Wildman–Crippen LogP) is 2.64. The molecule has 0 radical (unpaired) electrons. The van der Waals surface area contributed by atoms with Gasteiger partial charge in [0.05, 0.1) is 0 Å². The van der Waals surface area contributed by atoms with Crippen molar-refractivity contribution in [2.24, 2.45) is 17.8 Å². The molecule has 0 aromatic heterocycles. The zero-order valence-corrected chi connectivity index (χ0v) is 18.4. The van der Waals surface area contributed by atoms with Crippen LogP contribution in [0.3, 0.4) is 0 Å². The van der Waals surface area contributed by atoms with E-state index >= 15 is 0 Å². The largest absolute Gasteiger partial charge is 0.332 e. The average Bonchev–Trinajstić information content (AvgIpc) is 2.98. The summed E-state index contributed by atoms with van der Waals surface area (Å²) in [7, 11) is 0. The number of nitrogens with one attached hydrogen (secondary N) is 3. The van der Waals surface area contributed by atoms with E-state index in [4.69, 9.17) is 0 Å². The van der Waals surface area contributed by atoms with E-state index in [1.54, 1.807) is 24.3 Å². The van der Waals surface area contributed by atoms with Gasteiger partial charge < -0.3 is 10.6 Å². The number of nitrogens with zero attached hydrogens (tertiary/aromatic N) is 1. The molecule has 1 heterocycles. The molecule has 1 aliphatic heterocycles. The highest BCUT2D eigenvalue weighted by Gasteiger charge is 2.53. The minimum absolute atomic E-state index is 0.218. The van der Waals surface area contributed by atoms with Gasteiger partial charge in [-0.3, -0.25) is 19.8 Å². The molecule has 1 unspecified atom stereocenters. The quantitative estimate of drug-likeness (QED) is 0.614. The fourth-order valence-electron chi connectivity index (χ4n) is 6.98. The van der Waals surface area contributed by atoms with Crippen LogP contribution in [0.4, 0.5) is 9.59 Å². The molecule has 4 saturated carbocycles. The Kier molecular flexibility index (Phi) is 4.98. The highest BCUT2D eigenvalue weighted by atomic mass is 16.2. The van der Waals surface area contributed by atoms with E-state index in [2.05, 4.69) is 16.0 Å². The zero-order valence-electron chi connectivity index (χ0n) is 18.4. The highest BCUT2D eigenvalue weighted by Crippen LogP contribution is 2.55. The Bertz CT molecular complexity index is 927. The fourth-order valence-corrected chi connectivity index (χ4v) is 6.98. The molecule has 32 heavy (non-hydrogen) atoms. The molecule has 4 aliphatic carbocycles. The molecule has 1 aromatic rings. The number of carbonyl (C=O) groups excluding carboxylic acids is 4. The standard InChI is InChI=1S/C24H30N4O4/c1-2-24(18-6-4-3-5-7-18)20(30)28(22(32)27-24)14-19(29)25-21(31)26-23-11-15-8-16(12-23)10-17(9-15)13-23/h3-7,15-17H,2,8-14H2,1H3,(H,27,32)(H2,25,26,29,31). The van der Waals surface area contributed by atoms with Gasteiger partial charge in [-0.2, -0.15) is 0 Å². The maximum Gasteiger partial charge on any atom is 0.325 e. The van der Waals surface area contributed by atoms with E-state index in [9.17, 15) is 19.2 Å². The van der Waals surface area contributed by atoms with Crippen molar-refractivity contribution in [3.63, 3.8) is 0 Å². The molecule has 8 nitrogen and oxygen atoms in total. The Balaban J connectivity index is 1.22. The summed E-state index contributed by atoms with van der Waals surface area (Å²) in [6.07, 6.45) is 7.06. The topological polar surface area (TPSA) is 108 Å². The Hall–Kier alpha value is -2.90. The molecular weight excluding hydrogens is 408 g/mol. The van der Waals surface area contributed by atoms with Crippen molar-refractivity contribution in [1.82, 2.24) is 20.9 Å². The van der Waals surface area contributed by atoms with Crippen LogP contribution >= 0.6 is 0 Å². The minimum atomic E-state index is -1.19. The Labute approximate surface area is 187 Å². The summed E-state index contributed by atoms with van der Waals surface area (Å²) < 4.78 is 0. The van der Waals surface area contributed by atoms with Crippen molar-refractivity contribution in [2.75, 3.05) is 6.54 Å². The molecule has 1 aromatic carbocycles. The third-order valence-corrected chi connectivity index (χ3v) is 7.94. The first-order chi connectivity index (χ1) is 15.3. The summed E-state index contributed by atoms with van der Waals surface area (Å²) in [5.41, 5.74) is -0.742. The first-order valence-electron chi connectivity index (χ1n) is 11.6. The van der Waals surface area contributed by atoms with Gasteiger partial charge >= 0.3 is 12.1 Å². The third kappa shape index (κ3) is 3.45. The summed E-state index contributed by atoms with van der Waals surface area (Å²) in [5, 5.41) is 8.18. The van der Waals surface area contributed by atoms with Crippen molar-refractivity contribution in [3.05, 3.63) is 35.9 Å². The van der Waals surface area contributed by atoms with E-state index in [1.807, 2.05) is 13.0 Å². The van der Waals surface area contributed by atoms with Crippen molar-refractivity contribution in [2.45, 2.75) is 62.9 Å². The fraction of sp³-hybridized carbons (Fsp3) is 0.583. The number of hydrogen-bond donors (Lipinski definition) is 3. The van der Waals surface area contributed by atoms with Crippen LogP contribution in [0.1, 0.15) is 57.4 Å². The summed E-state index contributed by atoms with van der Waals surface area (Å²) in [4.78, 5) is 51.8. The number of benzene rings is 1. The molecule has 0 spiro atoms. The summed E-state index contributed by atoms with van der Waals surface area (Å²) in [5.74, 6) is 0.860. The average molecular weight is 439 g/mol. The van der Waals surface area contributed by atoms with Crippen molar-refractivity contribution in [3.8, 4) is 0 Å². The maximum atomic E-state index is 13.2. The highest BCUT2D eigenvalue weighted by molar-refractivity contribution is 6.10. The van der Waals surface area contributed by atoms with E-state index in [-0.39, 0.29) is 5.54 Å². The van der Waals surface area contributed by atoms with E-state index in [1.165, 1.54) is 19.3 Å². The van der Waals surface area contributed by atoms with Crippen LogP contribution in [-0.4, -0.2) is 40.9 Å². The lowest BCUT2D eigenvalue weighted by atomic mass is 9.53. The number of carbonyl (C=O) groups is 4. The number of urea groups is 2. The lowest BCUT2D eigenvalue weighted by molar-refractivity contribution is -0.135. The van der Waals surface area contributed by atoms with Crippen LogP contribution in [0, 0.1) is 17.8 Å². The van der Waals surface area contributed by atoms with Crippen LogP contribution in [0.2, 0.25) is 0 Å². The van der Waals surface area contributed by atoms with Crippen LogP contribution < -0.4 is 16.0 Å². The number of imide groups is 2. The van der Waals surface area contributed by atoms with Crippen LogP contribution in [0.5, 0.6) is 0 Å². The second-order valence-electron chi connectivity index (χ2n) is 10.1. The van der Waals surface area contributed by atoms with Crippen molar-refractivity contribution in [1.29, 1.82) is 0 Å². The SMILES string of the molecule is CCC1(c2ccccc2)NC(=O)N(CC(=O)NC(=O)NC23CC4CC(CC(C4)C2)C3)C1=O. The van der Waals surface area contributed by atoms with Gasteiger partial charge in [0.15, 0.2) is 0 Å². The monoisotopic (exact) mass is 438 g/mol. The molecule has 5 aliphatic rings. The van der Waals surface area contributed by atoms with E-state index in [0.29, 0.717) is 29.7 Å². The lowest BCUT2D eigenvalue weighted by Crippen LogP contribution is -2.62.